The Kier molecular flexibility index (Phi) is 5.71. The van der Waals surface area contributed by atoms with E-state index in [4.69, 9.17) is 0 Å². The van der Waals surface area contributed by atoms with Crippen molar-refractivity contribution in [2.24, 2.45) is 0 Å². The van der Waals surface area contributed by atoms with Gasteiger partial charge in [0.15, 0.2) is 0 Å². The molecule has 3 heterocycles. The summed E-state index contributed by atoms with van der Waals surface area (Å²) in [5.41, 5.74) is 1.69. The number of carbonyl (C=O) groups excluding carboxylic acids is 1. The molecule has 0 spiro atoms. The van der Waals surface area contributed by atoms with Crippen LogP contribution in [0.1, 0.15) is 26.2 Å². The van der Waals surface area contributed by atoms with E-state index in [0.717, 1.165) is 18.7 Å². The Hall–Kier alpha value is -3.00. The predicted octanol–water partition coefficient (Wildman–Crippen LogP) is 1.55. The predicted molar refractivity (Wildman–Crippen MR) is 111 cm³/mol. The van der Waals surface area contributed by atoms with Crippen LogP contribution in [-0.2, 0) is 11.3 Å². The summed E-state index contributed by atoms with van der Waals surface area (Å²) < 4.78 is 2.64. The molecule has 29 heavy (non-hydrogen) atoms. The number of fused-ring (bicyclic) bond motifs is 1. The van der Waals surface area contributed by atoms with E-state index in [1.165, 1.54) is 34.8 Å². The maximum absolute atomic E-state index is 12.7. The lowest BCUT2D eigenvalue weighted by atomic mass is 10.0. The molecule has 8 nitrogen and oxygen atoms in total. The normalized spacial score (nSPS) is 17.5. The zero-order chi connectivity index (χ0) is 20.2. The lowest BCUT2D eigenvalue weighted by Gasteiger charge is -2.33. The maximum atomic E-state index is 12.7. The van der Waals surface area contributed by atoms with E-state index in [0.29, 0.717) is 23.8 Å². The van der Waals surface area contributed by atoms with Gasteiger partial charge in [-0.25, -0.2) is 9.20 Å². The number of nitrogens with zero attached hydrogens (tertiary/aromatic N) is 5. The number of aromatic nitrogens is 4. The Morgan fingerprint density at radius 2 is 2.07 bits per heavy atom. The van der Waals surface area contributed by atoms with Gasteiger partial charge < -0.3 is 5.32 Å². The molecule has 1 fully saturated rings. The van der Waals surface area contributed by atoms with Gasteiger partial charge in [-0.1, -0.05) is 36.8 Å². The third-order valence-corrected chi connectivity index (χ3v) is 5.51. The Bertz CT molecular complexity index is 1040. The van der Waals surface area contributed by atoms with E-state index in [2.05, 4.69) is 27.3 Å². The molecule has 1 atom stereocenters. The topological polar surface area (TPSA) is 84.5 Å². The smallest absolute Gasteiger partial charge is 0.293 e. The number of carbonyl (C=O) groups is 1. The third-order valence-electron chi connectivity index (χ3n) is 5.51. The molecule has 1 aliphatic heterocycles. The monoisotopic (exact) mass is 394 g/mol. The lowest BCUT2D eigenvalue weighted by Crippen LogP contribution is -2.43. The minimum atomic E-state index is -0.331. The number of rotatable bonds is 6. The fraction of sp³-hybridized carbons (Fsp3) is 0.429. The van der Waals surface area contributed by atoms with E-state index in [1.54, 1.807) is 6.07 Å². The number of nitrogens with one attached hydrogen (secondary N) is 1. The van der Waals surface area contributed by atoms with Crippen LogP contribution in [0.15, 0.2) is 47.5 Å². The summed E-state index contributed by atoms with van der Waals surface area (Å²) >= 11 is 0. The summed E-state index contributed by atoms with van der Waals surface area (Å²) in [6, 6.07) is 11.9. The van der Waals surface area contributed by atoms with Crippen molar-refractivity contribution >= 4 is 11.4 Å². The van der Waals surface area contributed by atoms with Crippen molar-refractivity contribution in [3.8, 4) is 11.3 Å². The Morgan fingerprint density at radius 3 is 2.86 bits per heavy atom. The highest BCUT2D eigenvalue weighted by molar-refractivity contribution is 5.75. The first kappa shape index (κ1) is 19.3. The van der Waals surface area contributed by atoms with E-state index >= 15 is 0 Å². The Morgan fingerprint density at radius 1 is 1.24 bits per heavy atom. The number of hydrogen-bond acceptors (Lipinski definition) is 5. The van der Waals surface area contributed by atoms with Gasteiger partial charge in [0, 0.05) is 24.7 Å². The number of hydrogen-bond donors (Lipinski definition) is 1. The van der Waals surface area contributed by atoms with Gasteiger partial charge in [-0.3, -0.25) is 14.5 Å². The fourth-order valence-electron chi connectivity index (χ4n) is 3.82. The minimum absolute atomic E-state index is 0.100. The molecule has 0 saturated carbocycles. The van der Waals surface area contributed by atoms with E-state index in [9.17, 15) is 9.59 Å². The summed E-state index contributed by atoms with van der Waals surface area (Å²) in [5, 5.41) is 11.4. The summed E-state index contributed by atoms with van der Waals surface area (Å²) in [6.07, 6.45) is 5.17. The van der Waals surface area contributed by atoms with Crippen molar-refractivity contribution in [2.75, 3.05) is 19.6 Å². The van der Waals surface area contributed by atoms with Crippen LogP contribution in [0.2, 0.25) is 0 Å². The molecular weight excluding hydrogens is 368 g/mol. The van der Waals surface area contributed by atoms with Gasteiger partial charge >= 0.3 is 0 Å². The molecule has 152 valence electrons. The van der Waals surface area contributed by atoms with Crippen LogP contribution in [-0.4, -0.2) is 55.9 Å². The van der Waals surface area contributed by atoms with E-state index in [1.807, 2.05) is 30.3 Å². The quantitative estimate of drug-likeness (QED) is 0.686. The molecule has 1 N–H and O–H groups in total. The highest BCUT2D eigenvalue weighted by Gasteiger charge is 2.18. The zero-order valence-electron chi connectivity index (χ0n) is 16.6. The molecule has 1 amide bonds. The summed E-state index contributed by atoms with van der Waals surface area (Å²) in [5.74, 6) is -0.212. The van der Waals surface area contributed by atoms with Crippen molar-refractivity contribution in [1.29, 1.82) is 0 Å². The van der Waals surface area contributed by atoms with Crippen molar-refractivity contribution in [3.63, 3.8) is 0 Å². The molecule has 0 unspecified atom stereocenters. The molecule has 1 aliphatic rings. The molecule has 8 heteroatoms. The molecule has 0 radical (unpaired) electrons. The van der Waals surface area contributed by atoms with Gasteiger partial charge in [0.25, 0.3) is 5.56 Å². The van der Waals surface area contributed by atoms with E-state index in [-0.39, 0.29) is 18.0 Å². The molecule has 2 aromatic heterocycles. The highest BCUT2D eigenvalue weighted by atomic mass is 16.2. The summed E-state index contributed by atoms with van der Waals surface area (Å²) in [4.78, 5) is 27.4. The van der Waals surface area contributed by atoms with Gasteiger partial charge in [0.1, 0.15) is 18.4 Å². The van der Waals surface area contributed by atoms with Crippen LogP contribution in [0, 0.1) is 0 Å². The van der Waals surface area contributed by atoms with Crippen LogP contribution in [0.25, 0.3) is 16.8 Å². The van der Waals surface area contributed by atoms with Crippen molar-refractivity contribution in [3.05, 3.63) is 53.1 Å². The fourth-order valence-corrected chi connectivity index (χ4v) is 3.82. The first-order valence-electron chi connectivity index (χ1n) is 10.1. The lowest BCUT2D eigenvalue weighted by molar-refractivity contribution is -0.122. The van der Waals surface area contributed by atoms with Crippen LogP contribution in [0.4, 0.5) is 0 Å². The molecule has 0 aliphatic carbocycles. The van der Waals surface area contributed by atoms with Crippen molar-refractivity contribution in [2.45, 2.75) is 38.8 Å². The SMILES string of the molecule is C[C@@H]1CCCCN1CCNC(=O)Cn1ncn2nc(-c3ccccc3)cc2c1=O. The number of benzene rings is 1. The molecular formula is C21H26N6O2. The first-order chi connectivity index (χ1) is 14.1. The second kappa shape index (κ2) is 8.57. The van der Waals surface area contributed by atoms with Crippen molar-refractivity contribution < 1.29 is 4.79 Å². The highest BCUT2D eigenvalue weighted by Crippen LogP contribution is 2.17. The summed E-state index contributed by atoms with van der Waals surface area (Å²) in [7, 11) is 0. The van der Waals surface area contributed by atoms with Crippen molar-refractivity contribution in [1.82, 2.24) is 29.6 Å². The average Bonchev–Trinajstić information content (AvgIpc) is 3.17. The van der Waals surface area contributed by atoms with Crippen LogP contribution < -0.4 is 10.9 Å². The van der Waals surface area contributed by atoms with Crippen LogP contribution in [0.3, 0.4) is 0 Å². The molecule has 0 bridgehead atoms. The molecule has 3 aromatic rings. The van der Waals surface area contributed by atoms with Gasteiger partial charge in [-0.05, 0) is 32.4 Å². The van der Waals surface area contributed by atoms with Crippen LogP contribution >= 0.6 is 0 Å². The minimum Gasteiger partial charge on any atom is -0.353 e. The second-order valence-corrected chi connectivity index (χ2v) is 7.55. The van der Waals surface area contributed by atoms with Gasteiger partial charge in [-0.15, -0.1) is 0 Å². The molecule has 1 saturated heterocycles. The zero-order valence-corrected chi connectivity index (χ0v) is 16.6. The number of piperidine rings is 1. The van der Waals surface area contributed by atoms with Crippen LogP contribution in [0.5, 0.6) is 0 Å². The Balaban J connectivity index is 1.40. The standard InChI is InChI=1S/C21H26N6O2/c1-16-7-5-6-11-25(16)12-10-22-20(28)14-26-21(29)19-13-18(24-27(19)15-23-26)17-8-3-2-4-9-17/h2-4,8-9,13,15-16H,5-7,10-12,14H2,1H3,(H,22,28)/t16-/m1/s1. The number of likely N-dealkylation sites (tertiary alicyclic amines) is 1. The summed E-state index contributed by atoms with van der Waals surface area (Å²) in [6.45, 7) is 4.62. The largest absolute Gasteiger partial charge is 0.353 e. The van der Waals surface area contributed by atoms with Gasteiger partial charge in [-0.2, -0.15) is 10.2 Å². The molecule has 4 rings (SSSR count). The maximum Gasteiger partial charge on any atom is 0.293 e. The van der Waals surface area contributed by atoms with Gasteiger partial charge in [0.2, 0.25) is 5.91 Å². The average molecular weight is 394 g/mol. The second-order valence-electron chi connectivity index (χ2n) is 7.55. The Labute approximate surface area is 169 Å². The van der Waals surface area contributed by atoms with Gasteiger partial charge in [0.05, 0.1) is 5.69 Å². The first-order valence-corrected chi connectivity index (χ1v) is 10.1. The number of amides is 1. The molecule has 1 aromatic carbocycles. The van der Waals surface area contributed by atoms with E-state index < -0.39 is 0 Å². The third kappa shape index (κ3) is 4.37.